The fourth-order valence-corrected chi connectivity index (χ4v) is 3.05. The minimum atomic E-state index is -0.551. The fourth-order valence-electron chi connectivity index (χ4n) is 3.05. The Morgan fingerprint density at radius 3 is 2.85 bits per heavy atom. The molecule has 0 saturated heterocycles. The number of carbonyl (C=O) groups excluding carboxylic acids is 1. The molecule has 2 aromatic rings. The molecule has 1 heterocycles. The summed E-state index contributed by atoms with van der Waals surface area (Å²) in [7, 11) is 0. The van der Waals surface area contributed by atoms with Gasteiger partial charge >= 0.3 is 0 Å². The largest absolute Gasteiger partial charge is 0.492 e. The first kappa shape index (κ1) is 19.0. The number of anilines is 2. The summed E-state index contributed by atoms with van der Waals surface area (Å²) in [5.74, 6) is 0.879. The molecule has 2 atom stereocenters. The number of aryl methyl sites for hydroxylation is 1. The molecule has 5 nitrogen and oxygen atoms in total. The highest BCUT2D eigenvalue weighted by atomic mass is 19.1. The predicted molar refractivity (Wildman–Crippen MR) is 104 cm³/mol. The van der Waals surface area contributed by atoms with Crippen LogP contribution in [0, 0.1) is 12.7 Å². The Labute approximate surface area is 158 Å². The molecule has 2 aromatic carbocycles. The van der Waals surface area contributed by atoms with E-state index in [4.69, 9.17) is 9.47 Å². The lowest BCUT2D eigenvalue weighted by Gasteiger charge is -2.19. The summed E-state index contributed by atoms with van der Waals surface area (Å²) in [4.78, 5) is 12.5. The number of fused-ring (bicyclic) bond motifs is 1. The van der Waals surface area contributed by atoms with Crippen LogP contribution in [-0.4, -0.2) is 24.7 Å². The van der Waals surface area contributed by atoms with Crippen LogP contribution in [0.3, 0.4) is 0 Å². The van der Waals surface area contributed by atoms with E-state index < -0.39 is 6.04 Å². The lowest BCUT2D eigenvalue weighted by Crippen LogP contribution is -2.32. The molecular formula is C21H25FN2O3. The molecule has 1 aliphatic heterocycles. The molecule has 3 rings (SSSR count). The Morgan fingerprint density at radius 1 is 1.37 bits per heavy atom. The Balaban J connectivity index is 1.74. The van der Waals surface area contributed by atoms with Crippen LogP contribution >= 0.6 is 0 Å². The smallest absolute Gasteiger partial charge is 0.246 e. The monoisotopic (exact) mass is 372 g/mol. The van der Waals surface area contributed by atoms with Gasteiger partial charge in [-0.3, -0.25) is 4.79 Å². The van der Waals surface area contributed by atoms with Gasteiger partial charge in [0, 0.05) is 23.7 Å². The van der Waals surface area contributed by atoms with E-state index in [2.05, 4.69) is 10.6 Å². The zero-order valence-electron chi connectivity index (χ0n) is 16.1. The molecule has 144 valence electrons. The highest BCUT2D eigenvalue weighted by Crippen LogP contribution is 2.38. The Bertz CT molecular complexity index is 854. The fraction of sp³-hybridized carbons (Fsp3) is 0.381. The van der Waals surface area contributed by atoms with Gasteiger partial charge in [0.1, 0.15) is 29.5 Å². The second kappa shape index (κ2) is 7.86. The molecule has 0 fully saturated rings. The van der Waals surface area contributed by atoms with Crippen LogP contribution in [0.2, 0.25) is 0 Å². The van der Waals surface area contributed by atoms with E-state index in [1.54, 1.807) is 26.0 Å². The molecule has 0 aliphatic carbocycles. The van der Waals surface area contributed by atoms with Gasteiger partial charge in [-0.2, -0.15) is 0 Å². The van der Waals surface area contributed by atoms with Gasteiger partial charge in [0.25, 0.3) is 0 Å². The van der Waals surface area contributed by atoms with Crippen LogP contribution in [0.1, 0.15) is 31.9 Å². The minimum Gasteiger partial charge on any atom is -0.492 e. The summed E-state index contributed by atoms with van der Waals surface area (Å²) in [6.07, 6.45) is 0.965. The first-order chi connectivity index (χ1) is 12.9. The molecule has 0 aromatic heterocycles. The van der Waals surface area contributed by atoms with E-state index in [9.17, 15) is 9.18 Å². The standard InChI is InChI=1S/C21H25FN2O3/c1-5-26-20-9-15-8-13(3)27-19(15)11-18(20)23-14(4)21(25)24-16-7-6-12(2)17(22)10-16/h6-7,9-11,13-14,23H,5,8H2,1-4H3,(H,24,25)/t13-,14-/m1/s1. The van der Waals surface area contributed by atoms with E-state index in [1.165, 1.54) is 6.07 Å². The number of ether oxygens (including phenoxy) is 2. The molecule has 1 amide bonds. The Kier molecular flexibility index (Phi) is 5.54. The molecule has 2 N–H and O–H groups in total. The van der Waals surface area contributed by atoms with Crippen molar-refractivity contribution in [1.29, 1.82) is 0 Å². The minimum absolute atomic E-state index is 0.127. The number of hydrogen-bond donors (Lipinski definition) is 2. The summed E-state index contributed by atoms with van der Waals surface area (Å²) < 4.78 is 25.2. The average Bonchev–Trinajstić information content (AvgIpc) is 2.97. The van der Waals surface area contributed by atoms with Crippen molar-refractivity contribution in [2.24, 2.45) is 0 Å². The second-order valence-electron chi connectivity index (χ2n) is 6.84. The van der Waals surface area contributed by atoms with Crippen LogP contribution in [0.25, 0.3) is 0 Å². The SMILES string of the molecule is CCOc1cc2c(cc1N[C@H](C)C(=O)Nc1ccc(C)c(F)c1)O[C@H](C)C2. The van der Waals surface area contributed by atoms with Gasteiger partial charge in [-0.05, 0) is 51.5 Å². The van der Waals surface area contributed by atoms with Crippen molar-refractivity contribution >= 4 is 17.3 Å². The summed E-state index contributed by atoms with van der Waals surface area (Å²) in [5, 5.41) is 5.90. The van der Waals surface area contributed by atoms with Gasteiger partial charge in [0.2, 0.25) is 5.91 Å². The maximum atomic E-state index is 13.7. The average molecular weight is 372 g/mol. The maximum Gasteiger partial charge on any atom is 0.246 e. The van der Waals surface area contributed by atoms with Crippen molar-refractivity contribution in [3.05, 3.63) is 47.3 Å². The van der Waals surface area contributed by atoms with Crippen LogP contribution in [0.15, 0.2) is 30.3 Å². The van der Waals surface area contributed by atoms with E-state index in [1.807, 2.05) is 26.0 Å². The first-order valence-corrected chi connectivity index (χ1v) is 9.17. The first-order valence-electron chi connectivity index (χ1n) is 9.17. The van der Waals surface area contributed by atoms with E-state index in [-0.39, 0.29) is 17.8 Å². The number of halogens is 1. The third kappa shape index (κ3) is 4.32. The Hall–Kier alpha value is -2.76. The Morgan fingerprint density at radius 2 is 2.15 bits per heavy atom. The molecule has 1 aliphatic rings. The van der Waals surface area contributed by atoms with E-state index in [0.29, 0.717) is 29.3 Å². The van der Waals surface area contributed by atoms with Crippen LogP contribution in [0.5, 0.6) is 11.5 Å². The van der Waals surface area contributed by atoms with Crippen molar-refractivity contribution in [2.75, 3.05) is 17.2 Å². The molecule has 27 heavy (non-hydrogen) atoms. The second-order valence-corrected chi connectivity index (χ2v) is 6.84. The summed E-state index contributed by atoms with van der Waals surface area (Å²) in [5.41, 5.74) is 2.76. The number of hydrogen-bond acceptors (Lipinski definition) is 4. The number of nitrogens with one attached hydrogen (secondary N) is 2. The van der Waals surface area contributed by atoms with Crippen LogP contribution in [0.4, 0.5) is 15.8 Å². The van der Waals surface area contributed by atoms with Gasteiger partial charge in [-0.15, -0.1) is 0 Å². The zero-order valence-corrected chi connectivity index (χ0v) is 16.1. The molecule has 0 saturated carbocycles. The van der Waals surface area contributed by atoms with Crippen LogP contribution in [-0.2, 0) is 11.2 Å². The van der Waals surface area contributed by atoms with Gasteiger partial charge < -0.3 is 20.1 Å². The number of rotatable bonds is 6. The molecule has 6 heteroatoms. The van der Waals surface area contributed by atoms with E-state index >= 15 is 0 Å². The summed E-state index contributed by atoms with van der Waals surface area (Å²) in [6.45, 7) is 7.87. The van der Waals surface area contributed by atoms with Crippen molar-refractivity contribution in [2.45, 2.75) is 46.3 Å². The molecule has 0 spiro atoms. The van der Waals surface area contributed by atoms with Crippen molar-refractivity contribution in [1.82, 2.24) is 0 Å². The zero-order chi connectivity index (χ0) is 19.6. The quantitative estimate of drug-likeness (QED) is 0.794. The van der Waals surface area contributed by atoms with Crippen molar-refractivity contribution in [3.63, 3.8) is 0 Å². The molecule has 0 unspecified atom stereocenters. The van der Waals surface area contributed by atoms with Crippen molar-refractivity contribution in [3.8, 4) is 11.5 Å². The third-order valence-electron chi connectivity index (χ3n) is 4.50. The normalized spacial score (nSPS) is 16.3. The van der Waals surface area contributed by atoms with E-state index in [0.717, 1.165) is 17.7 Å². The third-order valence-corrected chi connectivity index (χ3v) is 4.50. The lowest BCUT2D eigenvalue weighted by atomic mass is 10.1. The highest BCUT2D eigenvalue weighted by Gasteiger charge is 2.23. The number of benzene rings is 2. The number of amides is 1. The summed E-state index contributed by atoms with van der Waals surface area (Å²) in [6, 6.07) is 7.92. The predicted octanol–water partition coefficient (Wildman–Crippen LogP) is 4.30. The van der Waals surface area contributed by atoms with Gasteiger partial charge in [0.15, 0.2) is 0 Å². The van der Waals surface area contributed by atoms with Crippen LogP contribution < -0.4 is 20.1 Å². The molecule has 0 radical (unpaired) electrons. The maximum absolute atomic E-state index is 13.7. The molecule has 0 bridgehead atoms. The van der Waals surface area contributed by atoms with Gasteiger partial charge in [0.05, 0.1) is 12.3 Å². The summed E-state index contributed by atoms with van der Waals surface area (Å²) >= 11 is 0. The lowest BCUT2D eigenvalue weighted by molar-refractivity contribution is -0.116. The van der Waals surface area contributed by atoms with Gasteiger partial charge in [-0.25, -0.2) is 4.39 Å². The van der Waals surface area contributed by atoms with Crippen molar-refractivity contribution < 1.29 is 18.7 Å². The highest BCUT2D eigenvalue weighted by molar-refractivity contribution is 5.96. The molecular weight excluding hydrogens is 347 g/mol. The van der Waals surface area contributed by atoms with Gasteiger partial charge in [-0.1, -0.05) is 6.07 Å². The topological polar surface area (TPSA) is 59.6 Å². The number of carbonyl (C=O) groups is 1.